The predicted molar refractivity (Wildman–Crippen MR) is 89.7 cm³/mol. The highest BCUT2D eigenvalue weighted by Crippen LogP contribution is 2.24. The van der Waals surface area contributed by atoms with E-state index in [1.54, 1.807) is 0 Å². The summed E-state index contributed by atoms with van der Waals surface area (Å²) in [7, 11) is 0. The van der Waals surface area contributed by atoms with Crippen molar-refractivity contribution in [1.82, 2.24) is 10.9 Å². The van der Waals surface area contributed by atoms with E-state index in [2.05, 4.69) is 49.0 Å². The maximum Gasteiger partial charge on any atom is 0.119 e. The van der Waals surface area contributed by atoms with Gasteiger partial charge >= 0.3 is 0 Å². The van der Waals surface area contributed by atoms with Gasteiger partial charge < -0.3 is 10.5 Å². The molecule has 0 amide bonds. The van der Waals surface area contributed by atoms with Gasteiger partial charge in [0.15, 0.2) is 0 Å². The van der Waals surface area contributed by atoms with E-state index < -0.39 is 0 Å². The molecule has 0 radical (unpaired) electrons. The number of nitrogens with two attached hydrogens (primary N) is 1. The van der Waals surface area contributed by atoms with E-state index in [1.165, 1.54) is 16.7 Å². The number of aryl methyl sites for hydroxylation is 2. The van der Waals surface area contributed by atoms with E-state index in [9.17, 15) is 0 Å². The average Bonchev–Trinajstić information content (AvgIpc) is 2.93. The normalized spacial score (nSPS) is 21.0. The Morgan fingerprint density at radius 2 is 1.86 bits per heavy atom. The average molecular weight is 297 g/mol. The fourth-order valence-electron chi connectivity index (χ4n) is 2.94. The number of hydrazine groups is 1. The molecule has 2 atom stereocenters. The number of rotatable bonds is 4. The Labute approximate surface area is 131 Å². The van der Waals surface area contributed by atoms with Gasteiger partial charge in [0.05, 0.1) is 6.04 Å². The van der Waals surface area contributed by atoms with Crippen molar-refractivity contribution in [3.8, 4) is 5.75 Å². The highest BCUT2D eigenvalue weighted by atomic mass is 16.5. The molecule has 2 aromatic rings. The van der Waals surface area contributed by atoms with Gasteiger partial charge in [0.1, 0.15) is 12.4 Å². The van der Waals surface area contributed by atoms with Crippen molar-refractivity contribution in [3.63, 3.8) is 0 Å². The summed E-state index contributed by atoms with van der Waals surface area (Å²) in [5.41, 5.74) is 16.9. The number of ether oxygens (including phenoxy) is 1. The molecule has 1 saturated heterocycles. The summed E-state index contributed by atoms with van der Waals surface area (Å²) in [4.78, 5) is 0. The second-order valence-electron chi connectivity index (χ2n) is 6.08. The van der Waals surface area contributed by atoms with Gasteiger partial charge in [-0.15, -0.1) is 0 Å². The van der Waals surface area contributed by atoms with Crippen molar-refractivity contribution < 1.29 is 4.74 Å². The van der Waals surface area contributed by atoms with E-state index in [-0.39, 0.29) is 12.1 Å². The molecule has 0 aliphatic carbocycles. The smallest absolute Gasteiger partial charge is 0.119 e. The summed E-state index contributed by atoms with van der Waals surface area (Å²) in [6.45, 7) is 4.82. The molecule has 4 heteroatoms. The molecule has 1 heterocycles. The van der Waals surface area contributed by atoms with E-state index in [0.29, 0.717) is 6.61 Å². The molecule has 0 aromatic heterocycles. The van der Waals surface area contributed by atoms with Crippen LogP contribution >= 0.6 is 0 Å². The van der Waals surface area contributed by atoms with Gasteiger partial charge in [-0.3, -0.25) is 5.43 Å². The number of hydrogen-bond acceptors (Lipinski definition) is 4. The zero-order valence-corrected chi connectivity index (χ0v) is 13.1. The molecule has 0 bridgehead atoms. The Kier molecular flexibility index (Phi) is 4.32. The molecule has 4 N–H and O–H groups in total. The molecular formula is C18H23N3O. The molecule has 1 aliphatic heterocycles. The van der Waals surface area contributed by atoms with E-state index in [1.807, 2.05) is 18.2 Å². The van der Waals surface area contributed by atoms with Gasteiger partial charge in [0.25, 0.3) is 0 Å². The summed E-state index contributed by atoms with van der Waals surface area (Å²) >= 11 is 0. The molecule has 3 rings (SSSR count). The maximum absolute atomic E-state index is 5.93. The Hall–Kier alpha value is -2.04. The van der Waals surface area contributed by atoms with Crippen molar-refractivity contribution in [2.24, 2.45) is 0 Å². The third kappa shape index (κ3) is 3.59. The Bertz CT molecular complexity index is 636. The molecule has 0 spiro atoms. The van der Waals surface area contributed by atoms with Crippen LogP contribution in [0.2, 0.25) is 0 Å². The number of anilines is 1. The molecule has 1 fully saturated rings. The third-order valence-corrected chi connectivity index (χ3v) is 3.94. The lowest BCUT2D eigenvalue weighted by Gasteiger charge is -2.13. The first-order chi connectivity index (χ1) is 10.6. The number of nitrogen functional groups attached to an aromatic ring is 1. The lowest BCUT2D eigenvalue weighted by Crippen LogP contribution is -2.34. The SMILES string of the molecule is Cc1cc(C)cc(OCC2CC(c3cccc(N)c3)NN2)c1. The predicted octanol–water partition coefficient (Wildman–Crippen LogP) is 2.87. The van der Waals surface area contributed by atoms with Crippen molar-refractivity contribution >= 4 is 5.69 Å². The molecule has 1 aliphatic rings. The van der Waals surface area contributed by atoms with Crippen LogP contribution in [0.4, 0.5) is 5.69 Å². The fourth-order valence-corrected chi connectivity index (χ4v) is 2.94. The molecule has 0 saturated carbocycles. The van der Waals surface area contributed by atoms with Gasteiger partial charge in [0.2, 0.25) is 0 Å². The van der Waals surface area contributed by atoms with Gasteiger partial charge in [-0.25, -0.2) is 5.43 Å². The lowest BCUT2D eigenvalue weighted by atomic mass is 10.0. The summed E-state index contributed by atoms with van der Waals surface area (Å²) in [5, 5.41) is 0. The van der Waals surface area contributed by atoms with Crippen LogP contribution in [0.25, 0.3) is 0 Å². The molecular weight excluding hydrogens is 274 g/mol. The summed E-state index contributed by atoms with van der Waals surface area (Å²) in [6.07, 6.45) is 0.980. The Morgan fingerprint density at radius 1 is 1.09 bits per heavy atom. The first kappa shape index (κ1) is 14.9. The van der Waals surface area contributed by atoms with E-state index in [4.69, 9.17) is 10.5 Å². The van der Waals surface area contributed by atoms with Crippen molar-refractivity contribution in [1.29, 1.82) is 0 Å². The van der Waals surface area contributed by atoms with E-state index in [0.717, 1.165) is 17.9 Å². The van der Waals surface area contributed by atoms with Crippen LogP contribution in [0.5, 0.6) is 5.75 Å². The van der Waals surface area contributed by atoms with Crippen molar-refractivity contribution in [2.45, 2.75) is 32.4 Å². The molecule has 2 unspecified atom stereocenters. The number of benzene rings is 2. The Balaban J connectivity index is 1.57. The van der Waals surface area contributed by atoms with Gasteiger partial charge in [-0.05, 0) is 61.2 Å². The summed E-state index contributed by atoms with van der Waals surface area (Å²) < 4.78 is 5.93. The van der Waals surface area contributed by atoms with Crippen LogP contribution < -0.4 is 21.3 Å². The van der Waals surface area contributed by atoms with Crippen molar-refractivity contribution in [3.05, 3.63) is 59.2 Å². The minimum Gasteiger partial charge on any atom is -0.492 e. The minimum atomic E-state index is 0.274. The van der Waals surface area contributed by atoms with Crippen LogP contribution in [0.3, 0.4) is 0 Å². The standard InChI is InChI=1S/C18H23N3O/c1-12-6-13(2)8-17(7-12)22-11-16-10-18(21-20-16)14-4-3-5-15(19)9-14/h3-9,16,18,20-21H,10-11,19H2,1-2H3. The van der Waals surface area contributed by atoms with Crippen LogP contribution in [0, 0.1) is 13.8 Å². The Morgan fingerprint density at radius 3 is 2.59 bits per heavy atom. The van der Waals surface area contributed by atoms with Crippen LogP contribution in [-0.4, -0.2) is 12.6 Å². The first-order valence-corrected chi connectivity index (χ1v) is 7.68. The second kappa shape index (κ2) is 6.38. The zero-order chi connectivity index (χ0) is 15.5. The first-order valence-electron chi connectivity index (χ1n) is 7.68. The third-order valence-electron chi connectivity index (χ3n) is 3.94. The maximum atomic E-state index is 5.93. The number of hydrogen-bond donors (Lipinski definition) is 3. The molecule has 2 aromatic carbocycles. The van der Waals surface area contributed by atoms with Gasteiger partial charge in [-0.1, -0.05) is 18.2 Å². The quantitative estimate of drug-likeness (QED) is 0.760. The van der Waals surface area contributed by atoms with Crippen LogP contribution in [0.15, 0.2) is 42.5 Å². The lowest BCUT2D eigenvalue weighted by molar-refractivity contribution is 0.272. The topological polar surface area (TPSA) is 59.3 Å². The zero-order valence-electron chi connectivity index (χ0n) is 13.1. The van der Waals surface area contributed by atoms with E-state index >= 15 is 0 Å². The largest absolute Gasteiger partial charge is 0.492 e. The summed E-state index contributed by atoms with van der Waals surface area (Å²) in [5.74, 6) is 0.937. The van der Waals surface area contributed by atoms with Crippen LogP contribution in [0.1, 0.15) is 29.2 Å². The number of nitrogens with one attached hydrogen (secondary N) is 2. The fraction of sp³-hybridized carbons (Fsp3) is 0.333. The van der Waals surface area contributed by atoms with Crippen LogP contribution in [-0.2, 0) is 0 Å². The monoisotopic (exact) mass is 297 g/mol. The van der Waals surface area contributed by atoms with Gasteiger partial charge in [0, 0.05) is 11.7 Å². The molecule has 22 heavy (non-hydrogen) atoms. The highest BCUT2D eigenvalue weighted by Gasteiger charge is 2.25. The molecule has 116 valence electrons. The molecule has 4 nitrogen and oxygen atoms in total. The second-order valence-corrected chi connectivity index (χ2v) is 6.08. The van der Waals surface area contributed by atoms with Crippen molar-refractivity contribution in [2.75, 3.05) is 12.3 Å². The minimum absolute atomic E-state index is 0.274. The van der Waals surface area contributed by atoms with Gasteiger partial charge in [-0.2, -0.15) is 0 Å². The highest BCUT2D eigenvalue weighted by molar-refractivity contribution is 5.42. The summed E-state index contributed by atoms with van der Waals surface area (Å²) in [6, 6.07) is 14.9.